The Morgan fingerprint density at radius 2 is 2.14 bits per heavy atom. The summed E-state index contributed by atoms with van der Waals surface area (Å²) in [6, 6.07) is 7.18. The fourth-order valence-corrected chi connectivity index (χ4v) is 3.56. The number of benzene rings is 1. The van der Waals surface area contributed by atoms with Crippen molar-refractivity contribution in [2.24, 2.45) is 0 Å². The van der Waals surface area contributed by atoms with Gasteiger partial charge in [-0.15, -0.1) is 11.3 Å². The molecule has 0 aliphatic carbocycles. The zero-order valence-electron chi connectivity index (χ0n) is 11.2. The first-order valence-electron chi connectivity index (χ1n) is 6.29. The van der Waals surface area contributed by atoms with E-state index in [-0.39, 0.29) is 17.9 Å². The van der Waals surface area contributed by atoms with Gasteiger partial charge >= 0.3 is 0 Å². The van der Waals surface area contributed by atoms with Gasteiger partial charge in [0.05, 0.1) is 18.4 Å². The molecule has 0 aliphatic rings. The van der Waals surface area contributed by atoms with Crippen LogP contribution in [0.1, 0.15) is 15.9 Å². The van der Waals surface area contributed by atoms with E-state index >= 15 is 0 Å². The van der Waals surface area contributed by atoms with Crippen molar-refractivity contribution in [3.63, 3.8) is 0 Å². The molecule has 0 saturated carbocycles. The van der Waals surface area contributed by atoms with Gasteiger partial charge in [0.25, 0.3) is 5.56 Å². The van der Waals surface area contributed by atoms with E-state index < -0.39 is 0 Å². The normalized spacial score (nSPS) is 11.0. The van der Waals surface area contributed by atoms with Gasteiger partial charge in [-0.25, -0.2) is 4.98 Å². The molecule has 2 heterocycles. The third kappa shape index (κ3) is 2.56. The van der Waals surface area contributed by atoms with E-state index in [0.29, 0.717) is 10.3 Å². The van der Waals surface area contributed by atoms with E-state index in [4.69, 9.17) is 0 Å². The SMILES string of the molecule is Cc1csc2c(=O)n(CC(=O)c3ccccc3Br)cnc12. The summed E-state index contributed by atoms with van der Waals surface area (Å²) in [6.07, 6.45) is 1.44. The van der Waals surface area contributed by atoms with Gasteiger partial charge in [-0.05, 0) is 23.9 Å². The van der Waals surface area contributed by atoms with Gasteiger partial charge in [-0.2, -0.15) is 0 Å². The van der Waals surface area contributed by atoms with E-state index in [9.17, 15) is 9.59 Å². The van der Waals surface area contributed by atoms with Crippen LogP contribution in [-0.4, -0.2) is 15.3 Å². The Balaban J connectivity index is 1.99. The van der Waals surface area contributed by atoms with Crippen LogP contribution in [-0.2, 0) is 6.54 Å². The smallest absolute Gasteiger partial charge is 0.271 e. The van der Waals surface area contributed by atoms with Gasteiger partial charge < -0.3 is 0 Å². The van der Waals surface area contributed by atoms with Crippen molar-refractivity contribution in [2.45, 2.75) is 13.5 Å². The summed E-state index contributed by atoms with van der Waals surface area (Å²) in [7, 11) is 0. The van der Waals surface area contributed by atoms with Crippen LogP contribution in [0.15, 0.2) is 45.2 Å². The highest BCUT2D eigenvalue weighted by Gasteiger charge is 2.13. The molecule has 0 N–H and O–H groups in total. The Labute approximate surface area is 133 Å². The molecule has 0 radical (unpaired) electrons. The maximum atomic E-state index is 12.4. The number of aromatic nitrogens is 2. The van der Waals surface area contributed by atoms with Crippen LogP contribution in [0, 0.1) is 6.92 Å². The summed E-state index contributed by atoms with van der Waals surface area (Å²) >= 11 is 4.71. The number of rotatable bonds is 3. The maximum absolute atomic E-state index is 12.4. The van der Waals surface area contributed by atoms with Crippen LogP contribution in [0.3, 0.4) is 0 Å². The van der Waals surface area contributed by atoms with E-state index in [1.807, 2.05) is 18.4 Å². The lowest BCUT2D eigenvalue weighted by Gasteiger charge is -2.06. The number of nitrogens with zero attached hydrogens (tertiary/aromatic N) is 2. The van der Waals surface area contributed by atoms with E-state index in [0.717, 1.165) is 15.6 Å². The molecular formula is C15H11BrN2O2S. The predicted molar refractivity (Wildman–Crippen MR) is 87.1 cm³/mol. The minimum atomic E-state index is -0.168. The zero-order valence-corrected chi connectivity index (χ0v) is 13.6. The molecule has 0 atom stereocenters. The Morgan fingerprint density at radius 3 is 2.90 bits per heavy atom. The number of carbonyl (C=O) groups excluding carboxylic acids is 1. The third-order valence-electron chi connectivity index (χ3n) is 3.21. The molecule has 0 unspecified atom stereocenters. The quantitative estimate of drug-likeness (QED) is 0.670. The molecule has 21 heavy (non-hydrogen) atoms. The summed E-state index contributed by atoms with van der Waals surface area (Å²) in [5, 5.41) is 1.90. The molecule has 0 aliphatic heterocycles. The van der Waals surface area contributed by atoms with E-state index in [1.165, 1.54) is 22.2 Å². The summed E-state index contributed by atoms with van der Waals surface area (Å²) < 4.78 is 2.68. The molecule has 0 fully saturated rings. The highest BCUT2D eigenvalue weighted by Crippen LogP contribution is 2.20. The van der Waals surface area contributed by atoms with Crippen molar-refractivity contribution in [3.8, 4) is 0 Å². The largest absolute Gasteiger partial charge is 0.292 e. The maximum Gasteiger partial charge on any atom is 0.271 e. The number of carbonyl (C=O) groups is 1. The fraction of sp³-hybridized carbons (Fsp3) is 0.133. The monoisotopic (exact) mass is 362 g/mol. The Morgan fingerprint density at radius 1 is 1.38 bits per heavy atom. The number of thiophene rings is 1. The molecule has 1 aromatic carbocycles. The van der Waals surface area contributed by atoms with Crippen molar-refractivity contribution in [1.82, 2.24) is 9.55 Å². The second-order valence-corrected chi connectivity index (χ2v) is 6.41. The van der Waals surface area contributed by atoms with Crippen molar-refractivity contribution in [3.05, 3.63) is 61.9 Å². The summed E-state index contributed by atoms with van der Waals surface area (Å²) in [6.45, 7) is 1.91. The van der Waals surface area contributed by atoms with Crippen LogP contribution in [0.2, 0.25) is 0 Å². The van der Waals surface area contributed by atoms with Crippen molar-refractivity contribution < 1.29 is 4.79 Å². The number of halogens is 1. The van der Waals surface area contributed by atoms with Gasteiger partial charge in [-0.1, -0.05) is 34.1 Å². The number of hydrogen-bond donors (Lipinski definition) is 0. The van der Waals surface area contributed by atoms with E-state index in [2.05, 4.69) is 20.9 Å². The van der Waals surface area contributed by atoms with Gasteiger partial charge in [0.15, 0.2) is 5.78 Å². The third-order valence-corrected chi connectivity index (χ3v) is 4.98. The standard InChI is InChI=1S/C15H11BrN2O2S/c1-9-7-21-14-13(9)17-8-18(15(14)20)6-12(19)10-4-2-3-5-11(10)16/h2-5,7-8H,6H2,1H3. The van der Waals surface area contributed by atoms with Crippen LogP contribution < -0.4 is 5.56 Å². The second kappa shape index (κ2) is 5.54. The highest BCUT2D eigenvalue weighted by atomic mass is 79.9. The van der Waals surface area contributed by atoms with Crippen LogP contribution in [0.4, 0.5) is 0 Å². The molecule has 4 nitrogen and oxygen atoms in total. The summed E-state index contributed by atoms with van der Waals surface area (Å²) in [4.78, 5) is 29.0. The number of ketones is 1. The molecule has 0 bridgehead atoms. The van der Waals surface area contributed by atoms with Crippen LogP contribution >= 0.6 is 27.3 Å². The van der Waals surface area contributed by atoms with Gasteiger partial charge in [0.2, 0.25) is 0 Å². The lowest BCUT2D eigenvalue weighted by atomic mass is 10.1. The van der Waals surface area contributed by atoms with Crippen molar-refractivity contribution in [2.75, 3.05) is 0 Å². The Kier molecular flexibility index (Phi) is 3.73. The molecule has 2 aromatic heterocycles. The Bertz CT molecular complexity index is 898. The van der Waals surface area contributed by atoms with E-state index in [1.54, 1.807) is 18.2 Å². The number of aryl methyl sites for hydroxylation is 1. The second-order valence-electron chi connectivity index (χ2n) is 4.68. The average Bonchev–Trinajstić information content (AvgIpc) is 2.84. The van der Waals surface area contributed by atoms with Crippen molar-refractivity contribution in [1.29, 1.82) is 0 Å². The van der Waals surface area contributed by atoms with Gasteiger partial charge in [-0.3, -0.25) is 14.2 Å². The summed E-state index contributed by atoms with van der Waals surface area (Å²) in [5.41, 5.74) is 2.09. The number of fused-ring (bicyclic) bond motifs is 1. The molecule has 3 aromatic rings. The summed E-state index contributed by atoms with van der Waals surface area (Å²) in [5.74, 6) is -0.126. The molecule has 6 heteroatoms. The van der Waals surface area contributed by atoms with Crippen LogP contribution in [0.25, 0.3) is 10.2 Å². The first kappa shape index (κ1) is 14.2. The minimum Gasteiger partial charge on any atom is -0.292 e. The topological polar surface area (TPSA) is 52.0 Å². The molecule has 0 amide bonds. The molecule has 106 valence electrons. The van der Waals surface area contributed by atoms with Crippen LogP contribution in [0.5, 0.6) is 0 Å². The predicted octanol–water partition coefficient (Wildman–Crippen LogP) is 3.41. The van der Waals surface area contributed by atoms with Crippen molar-refractivity contribution >= 4 is 43.3 Å². The minimum absolute atomic E-state index is 0.0126. The lowest BCUT2D eigenvalue weighted by Crippen LogP contribution is -2.24. The first-order chi connectivity index (χ1) is 10.1. The lowest BCUT2D eigenvalue weighted by molar-refractivity contribution is 0.0970. The molecular weight excluding hydrogens is 352 g/mol. The van der Waals surface area contributed by atoms with Gasteiger partial charge in [0.1, 0.15) is 4.70 Å². The van der Waals surface area contributed by atoms with Gasteiger partial charge in [0, 0.05) is 10.0 Å². The molecule has 0 saturated heterocycles. The fourth-order valence-electron chi connectivity index (χ4n) is 2.10. The Hall–Kier alpha value is -1.79. The average molecular weight is 363 g/mol. The number of hydrogen-bond acceptors (Lipinski definition) is 4. The first-order valence-corrected chi connectivity index (χ1v) is 7.96. The zero-order chi connectivity index (χ0) is 15.0. The molecule has 0 spiro atoms. The number of Topliss-reactive ketones (excluding diaryl/α,β-unsaturated/α-hetero) is 1. The highest BCUT2D eigenvalue weighted by molar-refractivity contribution is 9.10. The molecule has 3 rings (SSSR count).